The number of carbonyl (C=O) groups excluding carboxylic acids is 1. The Hall–Kier alpha value is -1.94. The van der Waals surface area contributed by atoms with Gasteiger partial charge in [-0.05, 0) is 67.5 Å². The smallest absolute Gasteiger partial charge is 0.412 e. The fourth-order valence-corrected chi connectivity index (χ4v) is 7.06. The van der Waals surface area contributed by atoms with Crippen molar-refractivity contribution in [3.63, 3.8) is 0 Å². The molecular weight excluding hydrogens is 509 g/mol. The van der Waals surface area contributed by atoms with E-state index in [0.29, 0.717) is 5.69 Å². The molecular formula is C24H31BrFNO5Si. The molecule has 9 heteroatoms. The zero-order valence-electron chi connectivity index (χ0n) is 19.6. The first kappa shape index (κ1) is 25.7. The summed E-state index contributed by atoms with van der Waals surface area (Å²) in [6, 6.07) is 12.9. The van der Waals surface area contributed by atoms with Crippen LogP contribution in [0.5, 0.6) is 5.75 Å². The van der Waals surface area contributed by atoms with E-state index in [4.69, 9.17) is 18.6 Å². The van der Waals surface area contributed by atoms with Crippen LogP contribution in [0.2, 0.25) is 19.1 Å². The largest absolute Gasteiger partial charge is 0.488 e. The van der Waals surface area contributed by atoms with Gasteiger partial charge in [0.25, 0.3) is 0 Å². The third kappa shape index (κ3) is 8.41. The SMILES string of the molecule is CC(C)(C)O[Si](C)(C)C[C@H]1O[C@@H]1COc1cc(F)c(Br)cc1NC(=O)OCc1ccccc1. The standard InChI is InChI=1S/C24H31BrFNO5Si/c1-24(2,3)32-33(4,5)15-22-21(31-22)14-29-20-12-18(26)17(25)11-19(20)27-23(28)30-13-16-9-7-6-8-10-16/h6-12,21-22H,13-15H2,1-5H3,(H,27,28)/t21-,22-/m1/s1. The van der Waals surface area contributed by atoms with E-state index in [-0.39, 0.29) is 41.2 Å². The second-order valence-electron chi connectivity index (χ2n) is 9.65. The van der Waals surface area contributed by atoms with Gasteiger partial charge in [-0.3, -0.25) is 5.32 Å². The third-order valence-electron chi connectivity index (χ3n) is 4.84. The number of halogens is 2. The Morgan fingerprint density at radius 2 is 1.88 bits per heavy atom. The van der Waals surface area contributed by atoms with Gasteiger partial charge in [-0.25, -0.2) is 9.18 Å². The van der Waals surface area contributed by atoms with Gasteiger partial charge in [0.15, 0.2) is 8.32 Å². The average molecular weight is 541 g/mol. The number of rotatable bonds is 9. The number of hydrogen-bond donors (Lipinski definition) is 1. The highest BCUT2D eigenvalue weighted by Crippen LogP contribution is 2.36. The van der Waals surface area contributed by atoms with Gasteiger partial charge in [0.05, 0.1) is 16.3 Å². The van der Waals surface area contributed by atoms with Crippen molar-refractivity contribution in [2.75, 3.05) is 11.9 Å². The van der Waals surface area contributed by atoms with Crippen LogP contribution in [0.1, 0.15) is 26.3 Å². The molecule has 0 aliphatic carbocycles. The molecule has 0 aromatic heterocycles. The number of benzene rings is 2. The fraction of sp³-hybridized carbons (Fsp3) is 0.458. The molecule has 2 aromatic rings. The predicted octanol–water partition coefficient (Wildman–Crippen LogP) is 6.50. The van der Waals surface area contributed by atoms with Crippen molar-refractivity contribution in [3.8, 4) is 5.75 Å². The van der Waals surface area contributed by atoms with Crippen LogP contribution in [0.3, 0.4) is 0 Å². The van der Waals surface area contributed by atoms with Crippen molar-refractivity contribution < 1.29 is 27.8 Å². The van der Waals surface area contributed by atoms with Gasteiger partial charge >= 0.3 is 6.09 Å². The van der Waals surface area contributed by atoms with Crippen LogP contribution in [0.25, 0.3) is 0 Å². The van der Waals surface area contributed by atoms with E-state index >= 15 is 0 Å². The lowest BCUT2D eigenvalue weighted by atomic mass is 10.2. The molecule has 1 amide bonds. The van der Waals surface area contributed by atoms with Crippen LogP contribution < -0.4 is 10.1 Å². The number of hydrogen-bond acceptors (Lipinski definition) is 5. The molecule has 6 nitrogen and oxygen atoms in total. The zero-order chi connectivity index (χ0) is 24.2. The van der Waals surface area contributed by atoms with E-state index in [1.54, 1.807) is 0 Å². The van der Waals surface area contributed by atoms with Gasteiger partial charge in [-0.2, -0.15) is 0 Å². The number of nitrogens with one attached hydrogen (secondary N) is 1. The highest BCUT2D eigenvalue weighted by Gasteiger charge is 2.45. The summed E-state index contributed by atoms with van der Waals surface area (Å²) in [7, 11) is -1.90. The Morgan fingerprint density at radius 1 is 1.18 bits per heavy atom. The maximum absolute atomic E-state index is 14.1. The van der Waals surface area contributed by atoms with Crippen molar-refractivity contribution in [1.29, 1.82) is 0 Å². The van der Waals surface area contributed by atoms with Gasteiger partial charge in [0.2, 0.25) is 0 Å². The van der Waals surface area contributed by atoms with E-state index in [0.717, 1.165) is 11.6 Å². The average Bonchev–Trinajstić information content (AvgIpc) is 3.43. The number of epoxide rings is 1. The fourth-order valence-electron chi connectivity index (χ4n) is 3.65. The molecule has 0 saturated carbocycles. The minimum Gasteiger partial charge on any atom is -0.488 e. The quantitative estimate of drug-likeness (QED) is 0.290. The summed E-state index contributed by atoms with van der Waals surface area (Å²) in [4.78, 5) is 12.3. The zero-order valence-corrected chi connectivity index (χ0v) is 22.2. The van der Waals surface area contributed by atoms with Crippen LogP contribution >= 0.6 is 15.9 Å². The highest BCUT2D eigenvalue weighted by molar-refractivity contribution is 9.10. The Bertz CT molecular complexity index is 967. The molecule has 3 rings (SSSR count). The monoisotopic (exact) mass is 539 g/mol. The lowest BCUT2D eigenvalue weighted by Gasteiger charge is -2.32. The normalized spacial score (nSPS) is 18.0. The predicted molar refractivity (Wildman–Crippen MR) is 132 cm³/mol. The van der Waals surface area contributed by atoms with E-state index < -0.39 is 20.2 Å². The highest BCUT2D eigenvalue weighted by atomic mass is 79.9. The second kappa shape index (κ2) is 10.5. The van der Waals surface area contributed by atoms with E-state index in [9.17, 15) is 9.18 Å². The molecule has 1 aliphatic heterocycles. The minimum absolute atomic E-state index is 0.0570. The molecule has 1 heterocycles. The summed E-state index contributed by atoms with van der Waals surface area (Å²) >= 11 is 3.15. The van der Waals surface area contributed by atoms with Crippen LogP contribution in [0, 0.1) is 5.82 Å². The van der Waals surface area contributed by atoms with Crippen molar-refractivity contribution in [3.05, 3.63) is 58.3 Å². The molecule has 0 unspecified atom stereocenters. The van der Waals surface area contributed by atoms with Crippen LogP contribution in [0.4, 0.5) is 14.9 Å². The Morgan fingerprint density at radius 3 is 2.55 bits per heavy atom. The van der Waals surface area contributed by atoms with Gasteiger partial charge < -0.3 is 18.6 Å². The van der Waals surface area contributed by atoms with Crippen molar-refractivity contribution in [2.45, 2.75) is 64.3 Å². The van der Waals surface area contributed by atoms with Gasteiger partial charge in [0, 0.05) is 11.7 Å². The Kier molecular flexibility index (Phi) is 8.20. The van der Waals surface area contributed by atoms with E-state index in [1.165, 1.54) is 12.1 Å². The second-order valence-corrected chi connectivity index (χ2v) is 14.6. The molecule has 2 atom stereocenters. The maximum Gasteiger partial charge on any atom is 0.412 e. The van der Waals surface area contributed by atoms with Gasteiger partial charge in [-0.15, -0.1) is 0 Å². The first-order chi connectivity index (χ1) is 15.4. The number of carbonyl (C=O) groups is 1. The maximum atomic E-state index is 14.1. The molecule has 0 radical (unpaired) electrons. The summed E-state index contributed by atoms with van der Waals surface area (Å²) < 4.78 is 37.4. The molecule has 1 aliphatic rings. The molecule has 2 aromatic carbocycles. The summed E-state index contributed by atoms with van der Waals surface area (Å²) in [5.41, 5.74) is 0.980. The van der Waals surface area contributed by atoms with Crippen LogP contribution in [-0.4, -0.2) is 38.8 Å². The van der Waals surface area contributed by atoms with Crippen molar-refractivity contribution in [2.24, 2.45) is 0 Å². The van der Waals surface area contributed by atoms with Crippen molar-refractivity contribution >= 4 is 36.0 Å². The minimum atomic E-state index is -1.90. The first-order valence-corrected chi connectivity index (χ1v) is 14.8. The summed E-state index contributed by atoms with van der Waals surface area (Å²) in [5, 5.41) is 2.63. The molecule has 33 heavy (non-hydrogen) atoms. The summed E-state index contributed by atoms with van der Waals surface area (Å²) in [6.45, 7) is 10.9. The third-order valence-corrected chi connectivity index (χ3v) is 8.00. The number of anilines is 1. The topological polar surface area (TPSA) is 69.3 Å². The number of amides is 1. The van der Waals surface area contributed by atoms with Gasteiger partial charge in [-0.1, -0.05) is 30.3 Å². The molecule has 0 bridgehead atoms. The summed E-state index contributed by atoms with van der Waals surface area (Å²) in [6.07, 6.45) is -0.693. The van der Waals surface area contributed by atoms with Crippen molar-refractivity contribution in [1.82, 2.24) is 0 Å². The van der Waals surface area contributed by atoms with E-state index in [1.807, 2.05) is 30.3 Å². The van der Waals surface area contributed by atoms with Crippen LogP contribution in [0.15, 0.2) is 46.9 Å². The molecule has 1 fully saturated rings. The summed E-state index contributed by atoms with van der Waals surface area (Å²) in [5.74, 6) is -0.280. The molecule has 1 saturated heterocycles. The lowest BCUT2D eigenvalue weighted by molar-refractivity contribution is 0.119. The molecule has 0 spiro atoms. The molecule has 1 N–H and O–H groups in total. The Balaban J connectivity index is 1.55. The Labute approximate surface area is 204 Å². The van der Waals surface area contributed by atoms with E-state index in [2.05, 4.69) is 55.1 Å². The number of ether oxygens (including phenoxy) is 3. The van der Waals surface area contributed by atoms with Crippen LogP contribution in [-0.2, 0) is 20.5 Å². The lowest BCUT2D eigenvalue weighted by Crippen LogP contribution is -2.40. The first-order valence-electron chi connectivity index (χ1n) is 10.9. The van der Waals surface area contributed by atoms with Gasteiger partial charge in [0.1, 0.15) is 30.9 Å². The molecule has 180 valence electrons.